The van der Waals surface area contributed by atoms with Crippen molar-refractivity contribution in [3.05, 3.63) is 125 Å². The molecule has 7 nitrogen and oxygen atoms in total. The topological polar surface area (TPSA) is 85.6 Å². The molecule has 202 valence electrons. The average Bonchev–Trinajstić information content (AvgIpc) is 3.30. The number of fused-ring (bicyclic) bond motifs is 1. The molecule has 0 spiro atoms. The number of hydrogen-bond donors (Lipinski definition) is 1. The first kappa shape index (κ1) is 26.6. The van der Waals surface area contributed by atoms with Crippen LogP contribution in [-0.2, 0) is 11.2 Å². The minimum absolute atomic E-state index is 0.0101. The Bertz CT molecular complexity index is 1580. The number of aromatic nitrogens is 2. The molecule has 0 atom stereocenters. The highest BCUT2D eigenvalue weighted by Gasteiger charge is 2.31. The molecule has 0 radical (unpaired) electrons. The number of carbonyl (C=O) groups is 1. The zero-order chi connectivity index (χ0) is 28.1. The van der Waals surface area contributed by atoms with Gasteiger partial charge in [-0.2, -0.15) is 0 Å². The molecule has 1 N–H and O–H groups in total. The largest absolute Gasteiger partial charge is 0.573 e. The Morgan fingerprint density at radius 3 is 2.10 bits per heavy atom. The number of alkyl halides is 3. The van der Waals surface area contributed by atoms with Gasteiger partial charge in [-0.25, -0.2) is 4.98 Å². The van der Waals surface area contributed by atoms with Crippen LogP contribution in [0.3, 0.4) is 0 Å². The number of ether oxygens (including phenoxy) is 1. The van der Waals surface area contributed by atoms with Gasteiger partial charge in [0, 0.05) is 17.3 Å². The fourth-order valence-corrected chi connectivity index (χ4v) is 4.58. The molecule has 0 saturated heterocycles. The fourth-order valence-electron chi connectivity index (χ4n) is 4.58. The Morgan fingerprint density at radius 1 is 0.900 bits per heavy atom. The highest BCUT2D eigenvalue weighted by atomic mass is 19.4. The van der Waals surface area contributed by atoms with Crippen molar-refractivity contribution in [1.29, 1.82) is 0 Å². The summed E-state index contributed by atoms with van der Waals surface area (Å²) in [5.74, 6) is -0.596. The third-order valence-electron chi connectivity index (χ3n) is 6.32. The molecule has 40 heavy (non-hydrogen) atoms. The van der Waals surface area contributed by atoms with Gasteiger partial charge in [0.1, 0.15) is 5.75 Å². The Morgan fingerprint density at radius 2 is 1.52 bits per heavy atom. The van der Waals surface area contributed by atoms with Crippen molar-refractivity contribution in [3.63, 3.8) is 0 Å². The summed E-state index contributed by atoms with van der Waals surface area (Å²) in [6.45, 7) is 0. The van der Waals surface area contributed by atoms with E-state index in [1.54, 1.807) is 0 Å². The van der Waals surface area contributed by atoms with E-state index in [1.807, 2.05) is 83.4 Å². The highest BCUT2D eigenvalue weighted by Crippen LogP contribution is 2.35. The summed E-state index contributed by atoms with van der Waals surface area (Å²) in [5, 5.41) is 5.71. The van der Waals surface area contributed by atoms with Crippen LogP contribution in [-0.4, -0.2) is 21.8 Å². The summed E-state index contributed by atoms with van der Waals surface area (Å²) in [7, 11) is 0. The van der Waals surface area contributed by atoms with Gasteiger partial charge >= 0.3 is 6.36 Å². The smallest absolute Gasteiger partial charge is 0.406 e. The number of aryl methyl sites for hydroxylation is 1. The van der Waals surface area contributed by atoms with Gasteiger partial charge in [0.2, 0.25) is 5.95 Å². The van der Waals surface area contributed by atoms with Gasteiger partial charge in [-0.3, -0.25) is 9.36 Å². The molecular weight excluding hydrogens is 521 g/mol. The van der Waals surface area contributed by atoms with E-state index < -0.39 is 12.3 Å². The van der Waals surface area contributed by atoms with E-state index in [1.165, 1.54) is 24.3 Å². The van der Waals surface area contributed by atoms with E-state index in [4.69, 9.17) is 4.98 Å². The zero-order valence-electron chi connectivity index (χ0n) is 21.0. The number of carbonyl (C=O) groups excluding carboxylic acids is 1. The van der Waals surface area contributed by atoms with Gasteiger partial charge < -0.3 is 10.1 Å². The number of imidazole rings is 1. The van der Waals surface area contributed by atoms with Gasteiger partial charge in [0.15, 0.2) is 0 Å². The maximum absolute atomic E-state index is 12.6. The minimum Gasteiger partial charge on any atom is -0.406 e. The second kappa shape index (κ2) is 11.4. The molecule has 0 fully saturated rings. The van der Waals surface area contributed by atoms with Crippen LogP contribution in [0.5, 0.6) is 5.75 Å². The lowest BCUT2D eigenvalue weighted by Gasteiger charge is -2.23. The molecule has 0 aliphatic rings. The van der Waals surface area contributed by atoms with Crippen LogP contribution in [0, 0.1) is 4.91 Å². The van der Waals surface area contributed by atoms with Gasteiger partial charge in [-0.15, -0.1) is 18.1 Å². The van der Waals surface area contributed by atoms with Gasteiger partial charge in [-0.1, -0.05) is 66.7 Å². The molecule has 0 aliphatic carbocycles. The van der Waals surface area contributed by atoms with Crippen molar-refractivity contribution in [3.8, 4) is 5.75 Å². The van der Waals surface area contributed by atoms with E-state index in [2.05, 4.69) is 15.2 Å². The Labute approximate surface area is 227 Å². The SMILES string of the molecule is O=NC(=O)CCc1ccc2c(c1)nc(Nc1ccc(OC(F)(F)F)cc1)n2C(c1ccccc1)c1ccccc1. The van der Waals surface area contributed by atoms with Crippen molar-refractivity contribution in [2.24, 2.45) is 5.18 Å². The number of nitrogens with one attached hydrogen (secondary N) is 1. The normalized spacial score (nSPS) is 11.5. The maximum Gasteiger partial charge on any atom is 0.573 e. The van der Waals surface area contributed by atoms with Crippen LogP contribution >= 0.6 is 0 Å². The lowest BCUT2D eigenvalue weighted by molar-refractivity contribution is -0.274. The predicted octanol–water partition coefficient (Wildman–Crippen LogP) is 7.54. The average molecular weight is 545 g/mol. The van der Waals surface area contributed by atoms with E-state index in [0.29, 0.717) is 23.6 Å². The van der Waals surface area contributed by atoms with Crippen molar-refractivity contribution in [2.75, 3.05) is 5.32 Å². The van der Waals surface area contributed by atoms with Crippen molar-refractivity contribution in [1.82, 2.24) is 9.55 Å². The van der Waals surface area contributed by atoms with E-state index >= 15 is 0 Å². The Hall–Kier alpha value is -4.99. The molecule has 0 aliphatic heterocycles. The molecule has 5 rings (SSSR count). The lowest BCUT2D eigenvalue weighted by atomic mass is 9.98. The molecule has 0 saturated carbocycles. The number of nitroso groups, excluding NO2 is 1. The first-order chi connectivity index (χ1) is 19.3. The van der Waals surface area contributed by atoms with Crippen LogP contribution in [0.2, 0.25) is 0 Å². The number of benzene rings is 4. The number of anilines is 2. The van der Waals surface area contributed by atoms with Crippen LogP contribution in [0.25, 0.3) is 11.0 Å². The van der Waals surface area contributed by atoms with E-state index in [0.717, 1.165) is 22.2 Å². The first-order valence-electron chi connectivity index (χ1n) is 12.4. The molecule has 0 bridgehead atoms. The molecule has 1 aromatic heterocycles. The monoisotopic (exact) mass is 544 g/mol. The second-order valence-corrected chi connectivity index (χ2v) is 9.03. The quantitative estimate of drug-likeness (QED) is 0.194. The molecule has 4 aromatic carbocycles. The number of nitrogens with zero attached hydrogens (tertiary/aromatic N) is 3. The molecule has 5 aromatic rings. The van der Waals surface area contributed by atoms with Crippen LogP contribution in [0.15, 0.2) is 108 Å². The molecule has 0 unspecified atom stereocenters. The molecule has 10 heteroatoms. The van der Waals surface area contributed by atoms with Gasteiger partial charge in [0.05, 0.1) is 17.1 Å². The van der Waals surface area contributed by atoms with E-state index in [-0.39, 0.29) is 18.2 Å². The lowest BCUT2D eigenvalue weighted by Crippen LogP contribution is -2.17. The summed E-state index contributed by atoms with van der Waals surface area (Å²) in [4.78, 5) is 26.8. The Balaban J connectivity index is 1.61. The minimum atomic E-state index is -4.79. The van der Waals surface area contributed by atoms with Gasteiger partial charge in [-0.05, 0) is 59.5 Å². The zero-order valence-corrected chi connectivity index (χ0v) is 21.0. The van der Waals surface area contributed by atoms with Crippen molar-refractivity contribution >= 4 is 28.6 Å². The van der Waals surface area contributed by atoms with Crippen molar-refractivity contribution < 1.29 is 22.7 Å². The van der Waals surface area contributed by atoms with Crippen LogP contribution in [0.1, 0.15) is 29.2 Å². The summed E-state index contributed by atoms with van der Waals surface area (Å²) in [6, 6.07) is 30.5. The highest BCUT2D eigenvalue weighted by molar-refractivity contribution is 5.82. The fraction of sp³-hybridized carbons (Fsp3) is 0.133. The summed E-state index contributed by atoms with van der Waals surface area (Å²) in [6.07, 6.45) is -4.47. The molecular formula is C30H23F3N4O3. The van der Waals surface area contributed by atoms with Crippen LogP contribution in [0.4, 0.5) is 24.8 Å². The van der Waals surface area contributed by atoms with Crippen LogP contribution < -0.4 is 10.1 Å². The number of halogens is 3. The maximum atomic E-state index is 12.6. The molecule has 1 heterocycles. The second-order valence-electron chi connectivity index (χ2n) is 9.03. The van der Waals surface area contributed by atoms with Crippen molar-refractivity contribution in [2.45, 2.75) is 25.2 Å². The third-order valence-corrected chi connectivity index (χ3v) is 6.32. The standard InChI is InChI=1S/C30H23F3N4O3/c31-30(32,33)40-24-15-13-23(14-16-24)34-29-35-25-19-20(12-18-27(38)36-39)11-17-26(25)37(29)28(21-7-3-1-4-8-21)22-9-5-2-6-10-22/h1-11,13-17,19,28H,12,18H2,(H,34,35). The molecule has 1 amide bonds. The number of amides is 1. The predicted molar refractivity (Wildman–Crippen MR) is 145 cm³/mol. The van der Waals surface area contributed by atoms with E-state index in [9.17, 15) is 22.9 Å². The number of rotatable bonds is 9. The Kier molecular flexibility index (Phi) is 7.59. The number of hydrogen-bond acceptors (Lipinski definition) is 5. The first-order valence-corrected chi connectivity index (χ1v) is 12.4. The summed E-state index contributed by atoms with van der Waals surface area (Å²) >= 11 is 0. The summed E-state index contributed by atoms with van der Waals surface area (Å²) in [5.41, 5.74) is 4.74. The summed E-state index contributed by atoms with van der Waals surface area (Å²) < 4.78 is 43.9. The third kappa shape index (κ3) is 6.17. The van der Waals surface area contributed by atoms with Gasteiger partial charge in [0.25, 0.3) is 5.91 Å².